The van der Waals surface area contributed by atoms with Gasteiger partial charge in [0.1, 0.15) is 5.75 Å². The number of methoxy groups -OCH3 is 1. The lowest BCUT2D eigenvalue weighted by atomic mass is 9.94. The van der Waals surface area contributed by atoms with E-state index in [1.165, 1.54) is 27.8 Å². The van der Waals surface area contributed by atoms with Crippen LogP contribution < -0.4 is 10.1 Å². The molecule has 0 heterocycles. The Labute approximate surface area is 121 Å². The van der Waals surface area contributed by atoms with Crippen molar-refractivity contribution in [3.05, 3.63) is 53.1 Å². The first kappa shape index (κ1) is 14.6. The van der Waals surface area contributed by atoms with Gasteiger partial charge < -0.3 is 10.1 Å². The van der Waals surface area contributed by atoms with E-state index in [0.717, 1.165) is 18.8 Å². The zero-order valence-corrected chi connectivity index (χ0v) is 12.8. The molecule has 2 heteroatoms. The van der Waals surface area contributed by atoms with Gasteiger partial charge in [-0.15, -0.1) is 0 Å². The molecule has 0 atom stereocenters. The topological polar surface area (TPSA) is 21.3 Å². The van der Waals surface area contributed by atoms with E-state index in [1.807, 2.05) is 6.07 Å². The Balaban J connectivity index is 2.40. The number of ether oxygens (including phenoxy) is 1. The minimum atomic E-state index is 0.910. The lowest BCUT2D eigenvalue weighted by Gasteiger charge is -2.13. The Hall–Kier alpha value is -1.80. The standard InChI is InChI=1S/C18H23NO/c1-5-19-12-15-7-6-13(2)18(11-15)17-9-8-16(20-4)10-14(17)3/h6-11,19H,5,12H2,1-4H3. The molecule has 0 amide bonds. The van der Waals surface area contributed by atoms with E-state index >= 15 is 0 Å². The van der Waals surface area contributed by atoms with Crippen molar-refractivity contribution in [3.63, 3.8) is 0 Å². The molecule has 0 bridgehead atoms. The maximum Gasteiger partial charge on any atom is 0.119 e. The van der Waals surface area contributed by atoms with Crippen molar-refractivity contribution in [2.75, 3.05) is 13.7 Å². The Morgan fingerprint density at radius 3 is 2.40 bits per heavy atom. The van der Waals surface area contributed by atoms with Crippen molar-refractivity contribution in [1.82, 2.24) is 5.32 Å². The highest BCUT2D eigenvalue weighted by atomic mass is 16.5. The van der Waals surface area contributed by atoms with Crippen LogP contribution >= 0.6 is 0 Å². The summed E-state index contributed by atoms with van der Waals surface area (Å²) in [6.07, 6.45) is 0. The molecule has 0 saturated carbocycles. The predicted molar refractivity (Wildman–Crippen MR) is 85.3 cm³/mol. The van der Waals surface area contributed by atoms with Crippen molar-refractivity contribution in [2.45, 2.75) is 27.3 Å². The van der Waals surface area contributed by atoms with Gasteiger partial charge in [-0.1, -0.05) is 25.1 Å². The highest BCUT2D eigenvalue weighted by Crippen LogP contribution is 2.30. The van der Waals surface area contributed by atoms with Crippen LogP contribution in [-0.2, 0) is 6.54 Å². The maximum atomic E-state index is 5.28. The molecule has 2 rings (SSSR count). The molecule has 0 saturated heterocycles. The van der Waals surface area contributed by atoms with E-state index < -0.39 is 0 Å². The van der Waals surface area contributed by atoms with Crippen LogP contribution in [0.1, 0.15) is 23.6 Å². The lowest BCUT2D eigenvalue weighted by molar-refractivity contribution is 0.414. The summed E-state index contributed by atoms with van der Waals surface area (Å²) in [7, 11) is 1.71. The zero-order valence-electron chi connectivity index (χ0n) is 12.8. The van der Waals surface area contributed by atoms with E-state index in [4.69, 9.17) is 4.74 Å². The number of rotatable bonds is 5. The molecule has 20 heavy (non-hydrogen) atoms. The van der Waals surface area contributed by atoms with Gasteiger partial charge in [0, 0.05) is 6.54 Å². The van der Waals surface area contributed by atoms with Crippen LogP contribution in [-0.4, -0.2) is 13.7 Å². The Morgan fingerprint density at radius 1 is 0.950 bits per heavy atom. The quantitative estimate of drug-likeness (QED) is 0.882. The van der Waals surface area contributed by atoms with Crippen molar-refractivity contribution in [3.8, 4) is 16.9 Å². The first-order chi connectivity index (χ1) is 9.65. The normalized spacial score (nSPS) is 10.6. The number of aryl methyl sites for hydroxylation is 2. The van der Waals surface area contributed by atoms with E-state index in [-0.39, 0.29) is 0 Å². The van der Waals surface area contributed by atoms with Gasteiger partial charge >= 0.3 is 0 Å². The van der Waals surface area contributed by atoms with Gasteiger partial charge in [-0.05, 0) is 66.4 Å². The van der Waals surface area contributed by atoms with Gasteiger partial charge in [0.05, 0.1) is 7.11 Å². The van der Waals surface area contributed by atoms with E-state index in [0.29, 0.717) is 0 Å². The summed E-state index contributed by atoms with van der Waals surface area (Å²) in [5, 5.41) is 3.38. The summed E-state index contributed by atoms with van der Waals surface area (Å²) in [6.45, 7) is 8.33. The van der Waals surface area contributed by atoms with Crippen LogP contribution in [0.2, 0.25) is 0 Å². The van der Waals surface area contributed by atoms with Crippen molar-refractivity contribution >= 4 is 0 Å². The molecule has 0 unspecified atom stereocenters. The van der Waals surface area contributed by atoms with Gasteiger partial charge in [-0.2, -0.15) is 0 Å². The summed E-state index contributed by atoms with van der Waals surface area (Å²) in [5.74, 6) is 0.910. The fraction of sp³-hybridized carbons (Fsp3) is 0.333. The second kappa shape index (κ2) is 6.58. The van der Waals surface area contributed by atoms with Crippen LogP contribution in [0.25, 0.3) is 11.1 Å². The van der Waals surface area contributed by atoms with Gasteiger partial charge in [0.15, 0.2) is 0 Å². The van der Waals surface area contributed by atoms with Crippen molar-refractivity contribution in [2.24, 2.45) is 0 Å². The smallest absolute Gasteiger partial charge is 0.119 e. The van der Waals surface area contributed by atoms with E-state index in [1.54, 1.807) is 7.11 Å². The van der Waals surface area contributed by atoms with Crippen LogP contribution in [0, 0.1) is 13.8 Å². The maximum absolute atomic E-state index is 5.28. The van der Waals surface area contributed by atoms with Gasteiger partial charge in [-0.25, -0.2) is 0 Å². The van der Waals surface area contributed by atoms with Crippen LogP contribution in [0.15, 0.2) is 36.4 Å². The van der Waals surface area contributed by atoms with E-state index in [9.17, 15) is 0 Å². The molecule has 0 fully saturated rings. The van der Waals surface area contributed by atoms with Crippen molar-refractivity contribution in [1.29, 1.82) is 0 Å². The third kappa shape index (κ3) is 3.20. The first-order valence-electron chi connectivity index (χ1n) is 7.11. The molecular weight excluding hydrogens is 246 g/mol. The van der Waals surface area contributed by atoms with Crippen LogP contribution in [0.5, 0.6) is 5.75 Å². The van der Waals surface area contributed by atoms with Crippen LogP contribution in [0.3, 0.4) is 0 Å². The molecular formula is C18H23NO. The Kier molecular flexibility index (Phi) is 4.80. The first-order valence-corrected chi connectivity index (χ1v) is 7.11. The van der Waals surface area contributed by atoms with Gasteiger partial charge in [0.2, 0.25) is 0 Å². The molecule has 106 valence electrons. The summed E-state index contributed by atoms with van der Waals surface area (Å²) >= 11 is 0. The fourth-order valence-corrected chi connectivity index (χ4v) is 2.40. The second-order valence-corrected chi connectivity index (χ2v) is 5.11. The third-order valence-corrected chi connectivity index (χ3v) is 3.60. The molecule has 0 aliphatic heterocycles. The SMILES string of the molecule is CCNCc1ccc(C)c(-c2ccc(OC)cc2C)c1. The number of nitrogens with one attached hydrogen (secondary N) is 1. The third-order valence-electron chi connectivity index (χ3n) is 3.60. The number of hydrogen-bond donors (Lipinski definition) is 1. The molecule has 0 aromatic heterocycles. The van der Waals surface area contributed by atoms with E-state index in [2.05, 4.69) is 56.4 Å². The van der Waals surface area contributed by atoms with Gasteiger partial charge in [-0.3, -0.25) is 0 Å². The lowest BCUT2D eigenvalue weighted by Crippen LogP contribution is -2.11. The molecule has 2 nitrogen and oxygen atoms in total. The zero-order chi connectivity index (χ0) is 14.5. The second-order valence-electron chi connectivity index (χ2n) is 5.11. The molecule has 0 spiro atoms. The monoisotopic (exact) mass is 269 g/mol. The fourth-order valence-electron chi connectivity index (χ4n) is 2.40. The molecule has 2 aromatic carbocycles. The molecule has 0 radical (unpaired) electrons. The minimum absolute atomic E-state index is 0.910. The summed E-state index contributed by atoms with van der Waals surface area (Å²) in [4.78, 5) is 0. The Bertz CT molecular complexity index is 590. The average molecular weight is 269 g/mol. The van der Waals surface area contributed by atoms with Gasteiger partial charge in [0.25, 0.3) is 0 Å². The molecule has 0 aliphatic carbocycles. The number of benzene rings is 2. The van der Waals surface area contributed by atoms with Crippen molar-refractivity contribution < 1.29 is 4.74 Å². The summed E-state index contributed by atoms with van der Waals surface area (Å²) in [5.41, 5.74) is 6.46. The molecule has 1 N–H and O–H groups in total. The average Bonchev–Trinajstić information content (AvgIpc) is 2.46. The largest absolute Gasteiger partial charge is 0.497 e. The molecule has 2 aromatic rings. The Morgan fingerprint density at radius 2 is 1.75 bits per heavy atom. The predicted octanol–water partition coefficient (Wildman–Crippen LogP) is 4.09. The summed E-state index contributed by atoms with van der Waals surface area (Å²) < 4.78 is 5.28. The minimum Gasteiger partial charge on any atom is -0.497 e. The molecule has 0 aliphatic rings. The highest BCUT2D eigenvalue weighted by molar-refractivity contribution is 5.71. The number of hydrogen-bond acceptors (Lipinski definition) is 2. The highest BCUT2D eigenvalue weighted by Gasteiger charge is 2.07. The summed E-state index contributed by atoms with van der Waals surface area (Å²) in [6, 6.07) is 12.9. The van der Waals surface area contributed by atoms with Crippen LogP contribution in [0.4, 0.5) is 0 Å².